The minimum absolute atomic E-state index is 0.160. The molecule has 0 N–H and O–H groups in total. The molecular formula is C17H23N5O2. The molecule has 1 atom stereocenters. The van der Waals surface area contributed by atoms with E-state index in [0.29, 0.717) is 31.9 Å². The molecule has 24 heavy (non-hydrogen) atoms. The highest BCUT2D eigenvalue weighted by atomic mass is 16.5. The fourth-order valence-electron chi connectivity index (χ4n) is 2.92. The minimum atomic E-state index is -0.241. The van der Waals surface area contributed by atoms with Gasteiger partial charge in [-0.2, -0.15) is 0 Å². The Morgan fingerprint density at radius 1 is 1.33 bits per heavy atom. The highest BCUT2D eigenvalue weighted by Crippen LogP contribution is 2.20. The molecule has 7 heteroatoms. The lowest BCUT2D eigenvalue weighted by Crippen LogP contribution is -2.42. The van der Waals surface area contributed by atoms with Crippen LogP contribution in [0.4, 0.5) is 0 Å². The Morgan fingerprint density at radius 3 is 2.83 bits per heavy atom. The summed E-state index contributed by atoms with van der Waals surface area (Å²) in [7, 11) is 0. The van der Waals surface area contributed by atoms with E-state index in [0.717, 1.165) is 24.4 Å². The zero-order chi connectivity index (χ0) is 16.9. The number of aromatic nitrogens is 4. The first-order valence-electron chi connectivity index (χ1n) is 8.29. The van der Waals surface area contributed by atoms with Crippen LogP contribution < -0.4 is 0 Å². The van der Waals surface area contributed by atoms with Gasteiger partial charge in [0.25, 0.3) is 0 Å². The number of carbonyl (C=O) groups excluding carboxylic acids is 1. The Kier molecular flexibility index (Phi) is 5.20. The number of imidazole rings is 1. The monoisotopic (exact) mass is 329 g/mol. The summed E-state index contributed by atoms with van der Waals surface area (Å²) in [6.07, 6.45) is 6.52. The third kappa shape index (κ3) is 4.17. The van der Waals surface area contributed by atoms with Gasteiger partial charge in [0.05, 0.1) is 19.5 Å². The Balaban J connectivity index is 1.55. The summed E-state index contributed by atoms with van der Waals surface area (Å²) in [6, 6.07) is 1.94. The van der Waals surface area contributed by atoms with Gasteiger partial charge in [-0.15, -0.1) is 0 Å². The maximum atomic E-state index is 12.4. The number of aryl methyl sites for hydroxylation is 3. The van der Waals surface area contributed by atoms with Crippen molar-refractivity contribution < 1.29 is 9.53 Å². The van der Waals surface area contributed by atoms with E-state index in [9.17, 15) is 4.79 Å². The first-order chi connectivity index (χ1) is 11.6. The lowest BCUT2D eigenvalue weighted by molar-refractivity contribution is -0.139. The second-order valence-corrected chi connectivity index (χ2v) is 6.11. The molecule has 7 nitrogen and oxygen atoms in total. The molecule has 0 aromatic carbocycles. The fraction of sp³-hybridized carbons (Fsp3) is 0.529. The molecule has 0 spiro atoms. The molecule has 128 valence electrons. The molecule has 2 aromatic heterocycles. The first-order valence-corrected chi connectivity index (χ1v) is 8.29. The predicted octanol–water partition coefficient (Wildman–Crippen LogP) is 1.67. The van der Waals surface area contributed by atoms with E-state index >= 15 is 0 Å². The van der Waals surface area contributed by atoms with Crippen LogP contribution in [0.25, 0.3) is 0 Å². The molecule has 0 radical (unpaired) electrons. The van der Waals surface area contributed by atoms with Crippen molar-refractivity contribution >= 4 is 5.91 Å². The van der Waals surface area contributed by atoms with E-state index in [1.807, 2.05) is 35.6 Å². The third-order valence-corrected chi connectivity index (χ3v) is 4.07. The zero-order valence-electron chi connectivity index (χ0n) is 14.2. The van der Waals surface area contributed by atoms with Crippen molar-refractivity contribution in [3.05, 3.63) is 42.0 Å². The van der Waals surface area contributed by atoms with Gasteiger partial charge >= 0.3 is 0 Å². The molecular weight excluding hydrogens is 306 g/mol. The van der Waals surface area contributed by atoms with Crippen LogP contribution in [0.15, 0.2) is 24.8 Å². The van der Waals surface area contributed by atoms with Crippen molar-refractivity contribution in [3.63, 3.8) is 0 Å². The van der Waals surface area contributed by atoms with Crippen LogP contribution in [0.5, 0.6) is 0 Å². The molecule has 0 bridgehead atoms. The lowest BCUT2D eigenvalue weighted by atomic mass is 10.2. The van der Waals surface area contributed by atoms with Crippen molar-refractivity contribution in [2.24, 2.45) is 0 Å². The Labute approximate surface area is 141 Å². The summed E-state index contributed by atoms with van der Waals surface area (Å²) in [6.45, 7) is 6.37. The highest BCUT2D eigenvalue weighted by molar-refractivity contribution is 5.76. The minimum Gasteiger partial charge on any atom is -0.367 e. The van der Waals surface area contributed by atoms with E-state index < -0.39 is 0 Å². The van der Waals surface area contributed by atoms with Gasteiger partial charge < -0.3 is 14.2 Å². The Bertz CT molecular complexity index is 666. The molecule has 2 aromatic rings. The summed E-state index contributed by atoms with van der Waals surface area (Å²) in [5, 5.41) is 0. The van der Waals surface area contributed by atoms with Crippen LogP contribution in [0.1, 0.15) is 36.2 Å². The van der Waals surface area contributed by atoms with E-state index in [4.69, 9.17) is 4.74 Å². The number of hydrogen-bond donors (Lipinski definition) is 0. The van der Waals surface area contributed by atoms with Gasteiger partial charge in [-0.1, -0.05) is 0 Å². The highest BCUT2D eigenvalue weighted by Gasteiger charge is 2.27. The van der Waals surface area contributed by atoms with Gasteiger partial charge in [0.15, 0.2) is 5.82 Å². The van der Waals surface area contributed by atoms with Crippen LogP contribution in [-0.4, -0.2) is 50.0 Å². The largest absolute Gasteiger partial charge is 0.367 e. The maximum Gasteiger partial charge on any atom is 0.222 e. The van der Waals surface area contributed by atoms with Gasteiger partial charge in [-0.25, -0.2) is 15.0 Å². The second kappa shape index (κ2) is 7.53. The van der Waals surface area contributed by atoms with Gasteiger partial charge in [0.1, 0.15) is 6.10 Å². The number of morpholine rings is 1. The molecule has 1 fully saturated rings. The molecule has 1 aliphatic rings. The van der Waals surface area contributed by atoms with Crippen LogP contribution in [-0.2, 0) is 16.1 Å². The molecule has 0 unspecified atom stereocenters. The normalized spacial score (nSPS) is 17.9. The molecule has 3 rings (SSSR count). The SMILES string of the molecule is Cc1cc(C)nc([C@@H]2CN(C(=O)CCCn3ccnc3)CCO2)n1. The van der Waals surface area contributed by atoms with Crippen molar-refractivity contribution in [1.82, 2.24) is 24.4 Å². The van der Waals surface area contributed by atoms with Crippen molar-refractivity contribution in [3.8, 4) is 0 Å². The number of rotatable bonds is 5. The lowest BCUT2D eigenvalue weighted by Gasteiger charge is -2.32. The number of nitrogens with zero attached hydrogens (tertiary/aromatic N) is 5. The van der Waals surface area contributed by atoms with Crippen molar-refractivity contribution in [2.75, 3.05) is 19.7 Å². The summed E-state index contributed by atoms with van der Waals surface area (Å²) in [5.74, 6) is 0.830. The van der Waals surface area contributed by atoms with Gasteiger partial charge in [0, 0.05) is 43.3 Å². The van der Waals surface area contributed by atoms with E-state index in [-0.39, 0.29) is 12.0 Å². The van der Waals surface area contributed by atoms with Gasteiger partial charge in [0.2, 0.25) is 5.91 Å². The maximum absolute atomic E-state index is 12.4. The standard InChI is InChI=1S/C17H23N5O2/c1-13-10-14(2)20-17(19-13)15-11-22(8-9-24-15)16(23)4-3-6-21-7-5-18-12-21/h5,7,10,12,15H,3-4,6,8-9,11H2,1-2H3/t15-/m0/s1. The number of ether oxygens (including phenoxy) is 1. The fourth-order valence-corrected chi connectivity index (χ4v) is 2.92. The topological polar surface area (TPSA) is 73.1 Å². The van der Waals surface area contributed by atoms with E-state index in [1.165, 1.54) is 0 Å². The van der Waals surface area contributed by atoms with Crippen LogP contribution in [0.2, 0.25) is 0 Å². The van der Waals surface area contributed by atoms with E-state index in [1.54, 1.807) is 12.5 Å². The van der Waals surface area contributed by atoms with Crippen LogP contribution >= 0.6 is 0 Å². The van der Waals surface area contributed by atoms with Gasteiger partial charge in [-0.3, -0.25) is 4.79 Å². The quantitative estimate of drug-likeness (QED) is 0.834. The molecule has 1 aliphatic heterocycles. The molecule has 0 aliphatic carbocycles. The average Bonchev–Trinajstić information content (AvgIpc) is 3.07. The van der Waals surface area contributed by atoms with E-state index in [2.05, 4.69) is 15.0 Å². The molecule has 1 saturated heterocycles. The Morgan fingerprint density at radius 2 is 2.12 bits per heavy atom. The van der Waals surface area contributed by atoms with Crippen LogP contribution in [0, 0.1) is 13.8 Å². The summed E-state index contributed by atoms with van der Waals surface area (Å²) >= 11 is 0. The number of carbonyl (C=O) groups is 1. The smallest absolute Gasteiger partial charge is 0.222 e. The summed E-state index contributed by atoms with van der Waals surface area (Å²) < 4.78 is 7.77. The average molecular weight is 329 g/mol. The van der Waals surface area contributed by atoms with Crippen LogP contribution in [0.3, 0.4) is 0 Å². The molecule has 0 saturated carbocycles. The number of amides is 1. The first kappa shape index (κ1) is 16.6. The van der Waals surface area contributed by atoms with Crippen molar-refractivity contribution in [1.29, 1.82) is 0 Å². The Hall–Kier alpha value is -2.28. The zero-order valence-corrected chi connectivity index (χ0v) is 14.2. The molecule has 1 amide bonds. The summed E-state index contributed by atoms with van der Waals surface area (Å²) in [5.41, 5.74) is 1.84. The summed E-state index contributed by atoms with van der Waals surface area (Å²) in [4.78, 5) is 27.2. The molecule has 3 heterocycles. The number of hydrogen-bond acceptors (Lipinski definition) is 5. The second-order valence-electron chi connectivity index (χ2n) is 6.11. The predicted molar refractivity (Wildman–Crippen MR) is 88.2 cm³/mol. The van der Waals surface area contributed by atoms with Crippen molar-refractivity contribution in [2.45, 2.75) is 39.3 Å². The van der Waals surface area contributed by atoms with Gasteiger partial charge in [-0.05, 0) is 26.3 Å². The third-order valence-electron chi connectivity index (χ3n) is 4.07.